The van der Waals surface area contributed by atoms with E-state index >= 15 is 0 Å². The quantitative estimate of drug-likeness (QED) is 0.708. The Bertz CT molecular complexity index is 1010. The third kappa shape index (κ3) is 4.32. The minimum Gasteiger partial charge on any atom is -0.326 e. The van der Waals surface area contributed by atoms with Crippen LogP contribution < -0.4 is 15.4 Å². The van der Waals surface area contributed by atoms with Gasteiger partial charge in [0.05, 0.1) is 15.8 Å². The van der Waals surface area contributed by atoms with Gasteiger partial charge in [-0.05, 0) is 43.8 Å². The number of carbonyl (C=O) groups is 2. The van der Waals surface area contributed by atoms with Crippen molar-refractivity contribution < 1.29 is 18.0 Å². The van der Waals surface area contributed by atoms with Crippen molar-refractivity contribution in [3.63, 3.8) is 0 Å². The Morgan fingerprint density at radius 3 is 2.70 bits per heavy atom. The molecule has 1 unspecified atom stereocenters. The molecule has 7 nitrogen and oxygen atoms in total. The van der Waals surface area contributed by atoms with Crippen LogP contribution in [0.3, 0.4) is 0 Å². The van der Waals surface area contributed by atoms with E-state index in [1.54, 1.807) is 19.1 Å². The van der Waals surface area contributed by atoms with Crippen molar-refractivity contribution in [3.05, 3.63) is 48.0 Å². The lowest BCUT2D eigenvalue weighted by Gasteiger charge is -2.23. The number of hydrogen-bond acceptors (Lipinski definition) is 5. The number of fused-ring (bicyclic) bond motifs is 1. The highest BCUT2D eigenvalue weighted by molar-refractivity contribution is 8.01. The number of carbonyl (C=O) groups excluding carboxylic acids is 2. The normalized spacial score (nSPS) is 16.4. The van der Waals surface area contributed by atoms with Crippen LogP contribution in [0.5, 0.6) is 0 Å². The highest BCUT2D eigenvalue weighted by Gasteiger charge is 2.29. The van der Waals surface area contributed by atoms with E-state index in [0.717, 1.165) is 10.6 Å². The number of amides is 2. The first kappa shape index (κ1) is 19.4. The van der Waals surface area contributed by atoms with Crippen molar-refractivity contribution in [3.8, 4) is 0 Å². The van der Waals surface area contributed by atoms with Crippen molar-refractivity contribution in [1.29, 1.82) is 0 Å². The molecule has 9 heteroatoms. The molecular weight excluding hydrogens is 386 g/mol. The summed E-state index contributed by atoms with van der Waals surface area (Å²) in [6.07, 6.45) is -0.0210. The summed E-state index contributed by atoms with van der Waals surface area (Å²) in [4.78, 5) is 25.6. The highest BCUT2D eigenvalue weighted by Crippen LogP contribution is 2.36. The van der Waals surface area contributed by atoms with Crippen molar-refractivity contribution in [2.24, 2.45) is 0 Å². The highest BCUT2D eigenvalue weighted by atomic mass is 32.2. The van der Waals surface area contributed by atoms with E-state index in [-0.39, 0.29) is 23.1 Å². The van der Waals surface area contributed by atoms with Gasteiger partial charge in [0.2, 0.25) is 21.8 Å². The number of thioether (sulfide) groups is 1. The van der Waals surface area contributed by atoms with Crippen molar-refractivity contribution >= 4 is 45.0 Å². The zero-order valence-corrected chi connectivity index (χ0v) is 16.4. The Morgan fingerprint density at radius 2 is 1.96 bits per heavy atom. The minimum atomic E-state index is -3.63. The van der Waals surface area contributed by atoms with Gasteiger partial charge in [0.1, 0.15) is 0 Å². The lowest BCUT2D eigenvalue weighted by Crippen LogP contribution is -2.32. The second-order valence-electron chi connectivity index (χ2n) is 6.03. The maximum Gasteiger partial charge on any atom is 0.240 e. The summed E-state index contributed by atoms with van der Waals surface area (Å²) in [5, 5.41) is 4.92. The first-order valence-electron chi connectivity index (χ1n) is 8.21. The first-order chi connectivity index (χ1) is 12.8. The van der Waals surface area contributed by atoms with Crippen LogP contribution in [0.4, 0.5) is 11.4 Å². The third-order valence-electron chi connectivity index (χ3n) is 4.11. The van der Waals surface area contributed by atoms with Crippen LogP contribution >= 0.6 is 11.8 Å². The summed E-state index contributed by atoms with van der Waals surface area (Å²) in [5.74, 6) is -0.588. The molecule has 1 aliphatic rings. The molecule has 2 amide bonds. The fraction of sp³-hybridized carbons (Fsp3) is 0.222. The number of anilines is 2. The summed E-state index contributed by atoms with van der Waals surface area (Å²) in [6.45, 7) is 1.68. The summed E-state index contributed by atoms with van der Waals surface area (Å²) in [5.41, 5.74) is 1.67. The van der Waals surface area contributed by atoms with Gasteiger partial charge in [-0.2, -0.15) is 0 Å². The van der Waals surface area contributed by atoms with E-state index in [4.69, 9.17) is 0 Å². The minimum absolute atomic E-state index is 0.0210. The Kier molecular flexibility index (Phi) is 5.54. The molecule has 0 spiro atoms. The predicted molar refractivity (Wildman–Crippen MR) is 105 cm³/mol. The van der Waals surface area contributed by atoms with E-state index in [2.05, 4.69) is 15.4 Å². The van der Waals surface area contributed by atoms with E-state index in [1.165, 1.54) is 24.9 Å². The summed E-state index contributed by atoms with van der Waals surface area (Å²) < 4.78 is 26.4. The number of benzene rings is 2. The molecule has 1 atom stereocenters. The summed E-state index contributed by atoms with van der Waals surface area (Å²) in [7, 11) is -2.30. The Labute approximate surface area is 162 Å². The fourth-order valence-electron chi connectivity index (χ4n) is 2.68. The molecule has 27 heavy (non-hydrogen) atoms. The smallest absolute Gasteiger partial charge is 0.240 e. The van der Waals surface area contributed by atoms with Gasteiger partial charge in [-0.25, -0.2) is 13.1 Å². The lowest BCUT2D eigenvalue weighted by atomic mass is 10.2. The molecule has 0 bridgehead atoms. The van der Waals surface area contributed by atoms with Gasteiger partial charge in [0.25, 0.3) is 0 Å². The van der Waals surface area contributed by atoms with Crippen molar-refractivity contribution in [2.75, 3.05) is 17.7 Å². The second kappa shape index (κ2) is 7.71. The van der Waals surface area contributed by atoms with Crippen LogP contribution in [0.1, 0.15) is 12.0 Å². The monoisotopic (exact) mass is 405 g/mol. The van der Waals surface area contributed by atoms with E-state index in [1.807, 2.05) is 24.3 Å². The molecule has 0 saturated heterocycles. The SMILES string of the molecule is CNS(=O)(=O)c1cc(NC(=O)CC2Sc3ccccc3NC2=O)ccc1C. The number of para-hydroxylation sites is 1. The van der Waals surface area contributed by atoms with Crippen LogP contribution in [0.15, 0.2) is 52.3 Å². The number of sulfonamides is 1. The van der Waals surface area contributed by atoms with Crippen LogP contribution in [-0.4, -0.2) is 32.5 Å². The van der Waals surface area contributed by atoms with Gasteiger partial charge < -0.3 is 10.6 Å². The maximum atomic E-state index is 12.4. The second-order valence-corrected chi connectivity index (χ2v) is 9.13. The van der Waals surface area contributed by atoms with Gasteiger partial charge in [-0.3, -0.25) is 9.59 Å². The van der Waals surface area contributed by atoms with E-state index in [9.17, 15) is 18.0 Å². The Hall–Kier alpha value is -2.36. The van der Waals surface area contributed by atoms with Gasteiger partial charge in [0.15, 0.2) is 0 Å². The first-order valence-corrected chi connectivity index (χ1v) is 10.6. The fourth-order valence-corrected chi connectivity index (χ4v) is 4.79. The molecule has 0 fully saturated rings. The Morgan fingerprint density at radius 1 is 1.22 bits per heavy atom. The molecular formula is C18H19N3O4S2. The number of aryl methyl sites for hydroxylation is 1. The van der Waals surface area contributed by atoms with E-state index in [0.29, 0.717) is 11.3 Å². The van der Waals surface area contributed by atoms with Gasteiger partial charge in [-0.1, -0.05) is 18.2 Å². The van der Waals surface area contributed by atoms with Crippen LogP contribution in [0.2, 0.25) is 0 Å². The van der Waals surface area contributed by atoms with Crippen molar-refractivity contribution in [2.45, 2.75) is 28.4 Å². The molecule has 2 aromatic carbocycles. The average Bonchev–Trinajstić information content (AvgIpc) is 2.63. The molecule has 0 radical (unpaired) electrons. The number of nitrogens with one attached hydrogen (secondary N) is 3. The summed E-state index contributed by atoms with van der Waals surface area (Å²) >= 11 is 1.34. The van der Waals surface area contributed by atoms with Crippen LogP contribution in [-0.2, 0) is 19.6 Å². The molecule has 0 aliphatic carbocycles. The average molecular weight is 406 g/mol. The zero-order valence-electron chi connectivity index (χ0n) is 14.8. The van der Waals surface area contributed by atoms with Crippen molar-refractivity contribution in [1.82, 2.24) is 4.72 Å². The molecule has 1 aliphatic heterocycles. The lowest BCUT2D eigenvalue weighted by molar-refractivity contribution is -0.120. The number of rotatable bonds is 5. The Balaban J connectivity index is 1.72. The topological polar surface area (TPSA) is 104 Å². The van der Waals surface area contributed by atoms with Gasteiger partial charge in [-0.15, -0.1) is 11.8 Å². The number of hydrogen-bond donors (Lipinski definition) is 3. The van der Waals surface area contributed by atoms with Crippen LogP contribution in [0.25, 0.3) is 0 Å². The molecule has 142 valence electrons. The maximum absolute atomic E-state index is 12.4. The summed E-state index contributed by atoms with van der Waals surface area (Å²) in [6, 6.07) is 12.1. The molecule has 2 aromatic rings. The molecule has 0 aromatic heterocycles. The van der Waals surface area contributed by atoms with E-state index < -0.39 is 15.3 Å². The third-order valence-corrected chi connectivity index (χ3v) is 6.94. The molecule has 1 heterocycles. The standard InChI is InChI=1S/C18H19N3O4S2/c1-11-7-8-12(9-16(11)27(24,25)19-2)20-17(22)10-15-18(23)21-13-5-3-4-6-14(13)26-15/h3-9,15,19H,10H2,1-2H3,(H,20,22)(H,21,23). The molecule has 0 saturated carbocycles. The largest absolute Gasteiger partial charge is 0.326 e. The van der Waals surface area contributed by atoms with Crippen LogP contribution in [0, 0.1) is 6.92 Å². The van der Waals surface area contributed by atoms with Gasteiger partial charge in [0, 0.05) is 17.0 Å². The molecule has 3 N–H and O–H groups in total. The molecule has 3 rings (SSSR count). The zero-order chi connectivity index (χ0) is 19.6. The predicted octanol–water partition coefficient (Wildman–Crippen LogP) is 2.34. The van der Waals surface area contributed by atoms with Gasteiger partial charge >= 0.3 is 0 Å².